The maximum atomic E-state index is 11.1. The number of carbonyl (C=O) groups is 1. The first-order chi connectivity index (χ1) is 8.99. The number of carbonyl (C=O) groups excluding carboxylic acids is 1. The van der Waals surface area contributed by atoms with Crippen LogP contribution < -0.4 is 5.73 Å². The average Bonchev–Trinajstić information content (AvgIpc) is 2.93. The van der Waals surface area contributed by atoms with Gasteiger partial charge in [0.15, 0.2) is 11.9 Å². The Bertz CT molecular complexity index is 535. The first-order valence-corrected chi connectivity index (χ1v) is 5.47. The van der Waals surface area contributed by atoms with Crippen molar-refractivity contribution in [2.24, 2.45) is 5.73 Å². The Morgan fingerprint density at radius 1 is 1.58 bits per heavy atom. The Labute approximate surface area is 108 Å². The van der Waals surface area contributed by atoms with E-state index >= 15 is 0 Å². The molecule has 2 rings (SSSR count). The third kappa shape index (κ3) is 2.20. The topological polar surface area (TPSA) is 131 Å². The van der Waals surface area contributed by atoms with Gasteiger partial charge in [0, 0.05) is 6.20 Å². The van der Waals surface area contributed by atoms with E-state index in [1.807, 2.05) is 0 Å². The van der Waals surface area contributed by atoms with Crippen LogP contribution in [0.2, 0.25) is 0 Å². The normalized spacial score (nSPS) is 30.2. The van der Waals surface area contributed by atoms with Gasteiger partial charge in [-0.2, -0.15) is 5.10 Å². The van der Waals surface area contributed by atoms with Crippen molar-refractivity contribution in [3.63, 3.8) is 0 Å². The lowest BCUT2D eigenvalue weighted by molar-refractivity contribution is -0.0587. The second-order valence-corrected chi connectivity index (χ2v) is 4.11. The molecule has 1 aliphatic heterocycles. The molecule has 4 unspecified atom stereocenters. The molecule has 0 radical (unpaired) electrons. The van der Waals surface area contributed by atoms with Gasteiger partial charge in [-0.25, -0.2) is 4.68 Å². The first-order valence-electron chi connectivity index (χ1n) is 5.47. The number of aliphatic hydroxyl groups is 3. The van der Waals surface area contributed by atoms with Crippen LogP contribution in [0, 0.1) is 12.3 Å². The fraction of sp³-hybridized carbons (Fsp3) is 0.455. The minimum atomic E-state index is -1.30. The summed E-state index contributed by atoms with van der Waals surface area (Å²) in [5, 5.41) is 32.3. The van der Waals surface area contributed by atoms with Gasteiger partial charge in [-0.05, 0) is 0 Å². The summed E-state index contributed by atoms with van der Waals surface area (Å²) in [6.07, 6.45) is 1.97. The number of terminal acetylenes is 1. The van der Waals surface area contributed by atoms with E-state index in [-0.39, 0.29) is 11.3 Å². The number of hydrogen-bond acceptors (Lipinski definition) is 6. The molecule has 2 heterocycles. The van der Waals surface area contributed by atoms with E-state index < -0.39 is 37.1 Å². The van der Waals surface area contributed by atoms with Gasteiger partial charge >= 0.3 is 0 Å². The molecular formula is C11H13N3O5. The van der Waals surface area contributed by atoms with Crippen molar-refractivity contribution >= 4 is 5.91 Å². The van der Waals surface area contributed by atoms with Crippen molar-refractivity contribution < 1.29 is 24.9 Å². The fourth-order valence-corrected chi connectivity index (χ4v) is 1.91. The molecule has 0 saturated carbocycles. The zero-order chi connectivity index (χ0) is 14.2. The Hall–Kier alpha value is -1.92. The second-order valence-electron chi connectivity index (χ2n) is 4.11. The standard InChI is InChI=1S/C11H13N3O5/c1-2-5-3-14(13-7(5)10(12)18)11-9(17)8(16)6(4-15)19-11/h1,3,6,8-9,11,15-17H,4H2,(H2,12,18). The molecular weight excluding hydrogens is 254 g/mol. The highest BCUT2D eigenvalue weighted by Crippen LogP contribution is 2.29. The number of ether oxygens (including phenoxy) is 1. The maximum absolute atomic E-state index is 11.1. The van der Waals surface area contributed by atoms with Crippen LogP contribution >= 0.6 is 0 Å². The summed E-state index contributed by atoms with van der Waals surface area (Å²) in [6.45, 7) is -0.458. The van der Waals surface area contributed by atoms with E-state index in [0.717, 1.165) is 4.68 Å². The van der Waals surface area contributed by atoms with E-state index in [0.29, 0.717) is 0 Å². The maximum Gasteiger partial charge on any atom is 0.270 e. The van der Waals surface area contributed by atoms with Crippen LogP contribution in [0.4, 0.5) is 0 Å². The number of amides is 1. The molecule has 1 saturated heterocycles. The summed E-state index contributed by atoms with van der Waals surface area (Å²) in [7, 11) is 0. The van der Waals surface area contributed by atoms with Gasteiger partial charge in [-0.3, -0.25) is 4.79 Å². The largest absolute Gasteiger partial charge is 0.394 e. The summed E-state index contributed by atoms with van der Waals surface area (Å²) < 4.78 is 6.35. The molecule has 1 aromatic rings. The SMILES string of the molecule is C#Cc1cn(C2OC(CO)C(O)C2O)nc1C(N)=O. The lowest BCUT2D eigenvalue weighted by atomic mass is 10.1. The number of nitrogens with two attached hydrogens (primary N) is 1. The molecule has 102 valence electrons. The monoisotopic (exact) mass is 267 g/mol. The highest BCUT2D eigenvalue weighted by molar-refractivity contribution is 5.93. The molecule has 5 N–H and O–H groups in total. The number of hydrogen-bond donors (Lipinski definition) is 4. The Morgan fingerprint density at radius 3 is 2.68 bits per heavy atom. The molecule has 1 aromatic heterocycles. The number of aliphatic hydroxyl groups excluding tert-OH is 3. The summed E-state index contributed by atoms with van der Waals surface area (Å²) >= 11 is 0. The van der Waals surface area contributed by atoms with Gasteiger partial charge in [0.1, 0.15) is 18.3 Å². The Morgan fingerprint density at radius 2 is 2.26 bits per heavy atom. The van der Waals surface area contributed by atoms with Gasteiger partial charge in [0.2, 0.25) is 0 Å². The van der Waals surface area contributed by atoms with Gasteiger partial charge in [-0.15, -0.1) is 6.42 Å². The average molecular weight is 267 g/mol. The first kappa shape index (κ1) is 13.5. The minimum absolute atomic E-state index is 0.125. The predicted octanol–water partition coefficient (Wildman–Crippen LogP) is -2.43. The van der Waals surface area contributed by atoms with Crippen LogP contribution in [-0.4, -0.2) is 55.9 Å². The smallest absolute Gasteiger partial charge is 0.270 e. The number of nitrogens with zero attached hydrogens (tertiary/aromatic N) is 2. The molecule has 1 fully saturated rings. The van der Waals surface area contributed by atoms with Gasteiger partial charge in [0.25, 0.3) is 5.91 Å². The molecule has 0 aromatic carbocycles. The quantitative estimate of drug-likeness (QED) is 0.451. The van der Waals surface area contributed by atoms with E-state index in [1.54, 1.807) is 0 Å². The Kier molecular flexibility index (Phi) is 3.55. The molecule has 19 heavy (non-hydrogen) atoms. The van der Waals surface area contributed by atoms with Crippen molar-refractivity contribution in [3.05, 3.63) is 17.5 Å². The lowest BCUT2D eigenvalue weighted by Gasteiger charge is -2.14. The number of rotatable bonds is 3. The summed E-state index contributed by atoms with van der Waals surface area (Å²) in [5.74, 6) is 1.43. The van der Waals surface area contributed by atoms with E-state index in [9.17, 15) is 15.0 Å². The zero-order valence-corrected chi connectivity index (χ0v) is 9.80. The lowest BCUT2D eigenvalue weighted by Crippen LogP contribution is -2.33. The molecule has 0 bridgehead atoms. The third-order valence-corrected chi connectivity index (χ3v) is 2.90. The third-order valence-electron chi connectivity index (χ3n) is 2.90. The molecule has 8 heteroatoms. The molecule has 1 aliphatic rings. The fourth-order valence-electron chi connectivity index (χ4n) is 1.91. The van der Waals surface area contributed by atoms with Crippen molar-refractivity contribution in [1.82, 2.24) is 9.78 Å². The molecule has 4 atom stereocenters. The minimum Gasteiger partial charge on any atom is -0.394 e. The van der Waals surface area contributed by atoms with Crippen LogP contribution in [0.1, 0.15) is 22.3 Å². The second kappa shape index (κ2) is 4.99. The molecule has 0 aliphatic carbocycles. The number of primary amides is 1. The van der Waals surface area contributed by atoms with E-state index in [4.69, 9.17) is 22.0 Å². The van der Waals surface area contributed by atoms with Crippen molar-refractivity contribution in [2.45, 2.75) is 24.5 Å². The van der Waals surface area contributed by atoms with Crippen LogP contribution in [0.15, 0.2) is 6.20 Å². The van der Waals surface area contributed by atoms with Gasteiger partial charge < -0.3 is 25.8 Å². The molecule has 1 amide bonds. The van der Waals surface area contributed by atoms with Crippen LogP contribution in [0.25, 0.3) is 0 Å². The Balaban J connectivity index is 2.33. The zero-order valence-electron chi connectivity index (χ0n) is 9.80. The van der Waals surface area contributed by atoms with Crippen molar-refractivity contribution in [1.29, 1.82) is 0 Å². The summed E-state index contributed by atoms with van der Waals surface area (Å²) in [6, 6.07) is 0. The highest BCUT2D eigenvalue weighted by Gasteiger charge is 2.44. The van der Waals surface area contributed by atoms with E-state index in [2.05, 4.69) is 11.0 Å². The molecule has 0 spiro atoms. The van der Waals surface area contributed by atoms with Crippen molar-refractivity contribution in [3.8, 4) is 12.3 Å². The predicted molar refractivity (Wildman–Crippen MR) is 61.7 cm³/mol. The van der Waals surface area contributed by atoms with Gasteiger partial charge in [-0.1, -0.05) is 5.92 Å². The van der Waals surface area contributed by atoms with Crippen LogP contribution in [0.5, 0.6) is 0 Å². The van der Waals surface area contributed by atoms with Crippen molar-refractivity contribution in [2.75, 3.05) is 6.61 Å². The van der Waals surface area contributed by atoms with Gasteiger partial charge in [0.05, 0.1) is 12.2 Å². The highest BCUT2D eigenvalue weighted by atomic mass is 16.6. The number of aromatic nitrogens is 2. The summed E-state index contributed by atoms with van der Waals surface area (Å²) in [4.78, 5) is 11.1. The van der Waals surface area contributed by atoms with E-state index in [1.165, 1.54) is 6.20 Å². The van der Waals surface area contributed by atoms with Crippen LogP contribution in [-0.2, 0) is 4.74 Å². The van der Waals surface area contributed by atoms with Crippen LogP contribution in [0.3, 0.4) is 0 Å². The molecule has 8 nitrogen and oxygen atoms in total. The summed E-state index contributed by atoms with van der Waals surface area (Å²) in [5.41, 5.74) is 5.15.